The molecule has 90 valence electrons. The number of hydrogen-bond acceptors (Lipinski definition) is 4. The fourth-order valence-corrected chi connectivity index (χ4v) is 1.07. The fraction of sp³-hybridized carbons (Fsp3) is 1.00. The first-order chi connectivity index (χ1) is 6.60. The lowest BCUT2D eigenvalue weighted by Gasteiger charge is -2.24. The standard InChI is InChI=1S/C10H26N4Si/c1-9(2,3)13-11-7-8(15)12-14-10(4,5)6/h8,12,14H,7H2,1-6,15H3. The van der Waals surface area contributed by atoms with Crippen molar-refractivity contribution in [2.24, 2.45) is 10.2 Å². The van der Waals surface area contributed by atoms with Crippen LogP contribution in [0.25, 0.3) is 0 Å². The number of hydrazine groups is 1. The lowest BCUT2D eigenvalue weighted by Crippen LogP contribution is -2.51. The van der Waals surface area contributed by atoms with Crippen LogP contribution < -0.4 is 10.9 Å². The smallest absolute Gasteiger partial charge is 0.0732 e. The van der Waals surface area contributed by atoms with Gasteiger partial charge in [-0.2, -0.15) is 10.2 Å². The Morgan fingerprint density at radius 1 is 1.13 bits per heavy atom. The summed E-state index contributed by atoms with van der Waals surface area (Å²) in [6.07, 6.45) is 0. The van der Waals surface area contributed by atoms with Gasteiger partial charge < -0.3 is 0 Å². The average molecular weight is 230 g/mol. The minimum Gasteiger partial charge on any atom is -0.256 e. The molecule has 0 radical (unpaired) electrons. The maximum Gasteiger partial charge on any atom is 0.0732 e. The Labute approximate surface area is 96.7 Å². The first kappa shape index (κ1) is 14.7. The molecule has 0 bridgehead atoms. The van der Waals surface area contributed by atoms with Gasteiger partial charge in [-0.1, -0.05) is 0 Å². The van der Waals surface area contributed by atoms with Crippen LogP contribution in [0.15, 0.2) is 10.2 Å². The highest BCUT2D eigenvalue weighted by Gasteiger charge is 2.10. The van der Waals surface area contributed by atoms with Gasteiger partial charge in [0.15, 0.2) is 0 Å². The Morgan fingerprint density at radius 2 is 1.67 bits per heavy atom. The van der Waals surface area contributed by atoms with Crippen molar-refractivity contribution in [1.82, 2.24) is 10.9 Å². The largest absolute Gasteiger partial charge is 0.256 e. The number of nitrogens with zero attached hydrogens (tertiary/aromatic N) is 2. The van der Waals surface area contributed by atoms with Gasteiger partial charge in [0.05, 0.1) is 12.1 Å². The molecule has 0 aromatic carbocycles. The van der Waals surface area contributed by atoms with Crippen LogP contribution in [0.3, 0.4) is 0 Å². The summed E-state index contributed by atoms with van der Waals surface area (Å²) in [5, 5.41) is 8.42. The number of nitrogens with one attached hydrogen (secondary N) is 2. The van der Waals surface area contributed by atoms with Crippen molar-refractivity contribution in [2.75, 3.05) is 6.54 Å². The molecule has 0 aromatic rings. The zero-order chi connectivity index (χ0) is 12.1. The fourth-order valence-electron chi connectivity index (χ4n) is 0.761. The molecule has 15 heavy (non-hydrogen) atoms. The number of azo groups is 1. The second-order valence-corrected chi connectivity index (χ2v) is 7.41. The second-order valence-electron chi connectivity index (χ2n) is 6.02. The van der Waals surface area contributed by atoms with E-state index in [1.165, 1.54) is 0 Å². The zero-order valence-corrected chi connectivity index (χ0v) is 13.2. The normalized spacial score (nSPS) is 16.1. The van der Waals surface area contributed by atoms with E-state index in [0.717, 1.165) is 16.8 Å². The molecule has 0 heterocycles. The van der Waals surface area contributed by atoms with Crippen molar-refractivity contribution in [3.63, 3.8) is 0 Å². The average Bonchev–Trinajstić information content (AvgIpc) is 1.97. The van der Waals surface area contributed by atoms with Crippen molar-refractivity contribution in [1.29, 1.82) is 0 Å². The van der Waals surface area contributed by atoms with Crippen molar-refractivity contribution >= 4 is 10.2 Å². The Balaban J connectivity index is 3.76. The van der Waals surface area contributed by atoms with Crippen LogP contribution in [-0.2, 0) is 0 Å². The summed E-state index contributed by atoms with van der Waals surface area (Å²) in [6.45, 7) is 13.3. The van der Waals surface area contributed by atoms with Crippen molar-refractivity contribution < 1.29 is 0 Å². The molecule has 1 unspecified atom stereocenters. The Hall–Kier alpha value is -0.263. The summed E-state index contributed by atoms with van der Waals surface area (Å²) in [4.78, 5) is 0. The predicted molar refractivity (Wildman–Crippen MR) is 69.2 cm³/mol. The molecule has 0 amide bonds. The Kier molecular flexibility index (Phi) is 5.62. The molecule has 4 nitrogen and oxygen atoms in total. The second kappa shape index (κ2) is 5.72. The van der Waals surface area contributed by atoms with Gasteiger partial charge in [-0.05, 0) is 41.5 Å². The van der Waals surface area contributed by atoms with Gasteiger partial charge >= 0.3 is 0 Å². The summed E-state index contributed by atoms with van der Waals surface area (Å²) >= 11 is 0. The highest BCUT2D eigenvalue weighted by molar-refractivity contribution is 6.11. The SMILES string of the molecule is CC(C)(C)N=NCC([SiH3])NNC(C)(C)C. The predicted octanol–water partition coefficient (Wildman–Crippen LogP) is 0.821. The highest BCUT2D eigenvalue weighted by atomic mass is 28.1. The van der Waals surface area contributed by atoms with Gasteiger partial charge in [-0.15, -0.1) is 0 Å². The molecule has 2 N–H and O–H groups in total. The van der Waals surface area contributed by atoms with E-state index in [0.29, 0.717) is 5.67 Å². The van der Waals surface area contributed by atoms with Crippen LogP contribution in [0.1, 0.15) is 41.5 Å². The van der Waals surface area contributed by atoms with Gasteiger partial charge in [-0.3, -0.25) is 10.9 Å². The van der Waals surface area contributed by atoms with E-state index in [2.05, 4.69) is 62.6 Å². The van der Waals surface area contributed by atoms with Crippen LogP contribution in [0.4, 0.5) is 0 Å². The van der Waals surface area contributed by atoms with E-state index in [-0.39, 0.29) is 11.1 Å². The van der Waals surface area contributed by atoms with Gasteiger partial charge in [0.2, 0.25) is 0 Å². The Morgan fingerprint density at radius 3 is 2.07 bits per heavy atom. The lowest BCUT2D eigenvalue weighted by atomic mass is 10.1. The van der Waals surface area contributed by atoms with Crippen LogP contribution in [0.2, 0.25) is 0 Å². The molecule has 0 aliphatic rings. The van der Waals surface area contributed by atoms with Crippen molar-refractivity contribution in [2.45, 2.75) is 58.3 Å². The minimum atomic E-state index is -0.0568. The van der Waals surface area contributed by atoms with Crippen LogP contribution >= 0.6 is 0 Å². The van der Waals surface area contributed by atoms with E-state index in [4.69, 9.17) is 0 Å². The summed E-state index contributed by atoms with van der Waals surface area (Å²) in [5.74, 6) is 0. The van der Waals surface area contributed by atoms with E-state index < -0.39 is 0 Å². The maximum atomic E-state index is 4.22. The van der Waals surface area contributed by atoms with Crippen molar-refractivity contribution in [3.8, 4) is 0 Å². The number of hydrogen-bond donors (Lipinski definition) is 2. The van der Waals surface area contributed by atoms with Gasteiger partial charge in [0.25, 0.3) is 0 Å². The first-order valence-electron chi connectivity index (χ1n) is 5.51. The molecule has 0 rings (SSSR count). The number of rotatable bonds is 4. The van der Waals surface area contributed by atoms with E-state index in [1.807, 2.05) is 0 Å². The summed E-state index contributed by atoms with van der Waals surface area (Å²) in [5.41, 5.74) is 6.99. The molecular weight excluding hydrogens is 204 g/mol. The van der Waals surface area contributed by atoms with Crippen LogP contribution in [0.5, 0.6) is 0 Å². The first-order valence-corrected chi connectivity index (χ1v) is 6.67. The molecule has 0 aliphatic heterocycles. The summed E-state index contributed by atoms with van der Waals surface area (Å²) in [7, 11) is 1.06. The van der Waals surface area contributed by atoms with Crippen molar-refractivity contribution in [3.05, 3.63) is 0 Å². The minimum absolute atomic E-state index is 0.0568. The quantitative estimate of drug-likeness (QED) is 0.427. The van der Waals surface area contributed by atoms with E-state index >= 15 is 0 Å². The van der Waals surface area contributed by atoms with Gasteiger partial charge in [-0.25, -0.2) is 0 Å². The highest BCUT2D eigenvalue weighted by Crippen LogP contribution is 2.06. The van der Waals surface area contributed by atoms with Crippen LogP contribution in [0, 0.1) is 0 Å². The molecular formula is C10H26N4Si. The third kappa shape index (κ3) is 11.7. The molecule has 0 spiro atoms. The monoisotopic (exact) mass is 230 g/mol. The molecule has 0 aliphatic carbocycles. The molecule has 5 heteroatoms. The molecule has 0 aromatic heterocycles. The van der Waals surface area contributed by atoms with E-state index in [1.54, 1.807) is 0 Å². The lowest BCUT2D eigenvalue weighted by molar-refractivity contribution is 0.347. The van der Waals surface area contributed by atoms with Crippen LogP contribution in [-0.4, -0.2) is 33.5 Å². The van der Waals surface area contributed by atoms with E-state index in [9.17, 15) is 0 Å². The Bertz CT molecular complexity index is 202. The summed E-state index contributed by atoms with van der Waals surface area (Å²) in [6, 6.07) is 0. The molecule has 0 saturated carbocycles. The third-order valence-electron chi connectivity index (χ3n) is 1.42. The summed E-state index contributed by atoms with van der Waals surface area (Å²) < 4.78 is 0. The van der Waals surface area contributed by atoms with Gasteiger partial charge in [0.1, 0.15) is 0 Å². The topological polar surface area (TPSA) is 48.8 Å². The third-order valence-corrected chi connectivity index (χ3v) is 2.07. The molecule has 1 atom stereocenters. The van der Waals surface area contributed by atoms with Gasteiger partial charge in [0, 0.05) is 21.4 Å². The zero-order valence-electron chi connectivity index (χ0n) is 11.2. The molecule has 0 fully saturated rings. The molecule has 0 saturated heterocycles. The maximum absolute atomic E-state index is 4.22.